The molecule has 0 aromatic rings. The number of nitrogens with zero attached hydrogens (tertiary/aromatic N) is 1. The van der Waals surface area contributed by atoms with Crippen LogP contribution < -0.4 is 11.1 Å². The zero-order chi connectivity index (χ0) is 12.3. The molecule has 17 heavy (non-hydrogen) atoms. The second-order valence-corrected chi connectivity index (χ2v) is 5.57. The zero-order valence-corrected chi connectivity index (χ0v) is 11.0. The van der Waals surface area contributed by atoms with Gasteiger partial charge in [0.25, 0.3) is 0 Å². The molecule has 2 aliphatic rings. The van der Waals surface area contributed by atoms with Crippen LogP contribution in [0.4, 0.5) is 4.79 Å². The summed E-state index contributed by atoms with van der Waals surface area (Å²) in [6.07, 6.45) is 6.58. The lowest BCUT2D eigenvalue weighted by atomic mass is 9.97. The summed E-state index contributed by atoms with van der Waals surface area (Å²) in [4.78, 5) is 14.5. The molecule has 4 nitrogen and oxygen atoms in total. The van der Waals surface area contributed by atoms with Gasteiger partial charge in [-0.2, -0.15) is 0 Å². The Morgan fingerprint density at radius 2 is 1.76 bits per heavy atom. The molecule has 2 rings (SSSR count). The minimum absolute atomic E-state index is 0.0956. The average Bonchev–Trinajstić information content (AvgIpc) is 2.82. The minimum Gasteiger partial charge on any atom is -0.393 e. The Morgan fingerprint density at radius 3 is 2.29 bits per heavy atom. The molecule has 2 fully saturated rings. The predicted octanol–water partition coefficient (Wildman–Crippen LogP) is 1.64. The number of thiocarbonyl (C=S) groups is 1. The first-order chi connectivity index (χ1) is 8.16. The highest BCUT2D eigenvalue weighted by atomic mass is 32.1. The smallest absolute Gasteiger partial charge is 0.317 e. The lowest BCUT2D eigenvalue weighted by molar-refractivity contribution is 0.177. The Hall–Kier alpha value is -0.840. The lowest BCUT2D eigenvalue weighted by Crippen LogP contribution is -2.48. The minimum atomic E-state index is 0.0956. The van der Waals surface area contributed by atoms with Crippen LogP contribution in [0.25, 0.3) is 0 Å². The quantitative estimate of drug-likeness (QED) is 0.737. The van der Waals surface area contributed by atoms with Crippen LogP contribution in [0.2, 0.25) is 0 Å². The van der Waals surface area contributed by atoms with E-state index in [1.807, 2.05) is 4.90 Å². The van der Waals surface area contributed by atoms with Gasteiger partial charge >= 0.3 is 6.03 Å². The van der Waals surface area contributed by atoms with Gasteiger partial charge in [-0.15, -0.1) is 0 Å². The molecular formula is C12H21N3OS. The monoisotopic (exact) mass is 255 g/mol. The molecule has 1 aliphatic carbocycles. The normalized spacial score (nSPS) is 22.7. The first-order valence-electron chi connectivity index (χ1n) is 6.51. The van der Waals surface area contributed by atoms with Gasteiger partial charge in [0.2, 0.25) is 0 Å². The van der Waals surface area contributed by atoms with Crippen molar-refractivity contribution in [3.63, 3.8) is 0 Å². The number of nitrogens with one attached hydrogen (secondary N) is 1. The molecule has 0 bridgehead atoms. The summed E-state index contributed by atoms with van der Waals surface area (Å²) in [7, 11) is 0. The first kappa shape index (κ1) is 12.6. The number of piperidine rings is 1. The number of hydrogen-bond donors (Lipinski definition) is 2. The van der Waals surface area contributed by atoms with E-state index >= 15 is 0 Å². The fraction of sp³-hybridized carbons (Fsp3) is 0.833. The number of nitrogens with two attached hydrogens (primary N) is 1. The number of carbonyl (C=O) groups excluding carboxylic acids is 1. The Bertz CT molecular complexity index is 294. The summed E-state index contributed by atoms with van der Waals surface area (Å²) in [5.41, 5.74) is 5.63. The van der Waals surface area contributed by atoms with Crippen LogP contribution >= 0.6 is 12.2 Å². The van der Waals surface area contributed by atoms with E-state index in [1.54, 1.807) is 0 Å². The molecule has 1 heterocycles. The van der Waals surface area contributed by atoms with E-state index in [-0.39, 0.29) is 6.03 Å². The van der Waals surface area contributed by atoms with Crippen molar-refractivity contribution in [2.24, 2.45) is 11.7 Å². The van der Waals surface area contributed by atoms with E-state index in [4.69, 9.17) is 18.0 Å². The van der Waals surface area contributed by atoms with Crippen LogP contribution in [-0.2, 0) is 0 Å². The standard InChI is InChI=1S/C12H21N3OS/c13-11(17)9-5-7-15(8-6-9)12(16)14-10-3-1-2-4-10/h9-10H,1-8H2,(H2,13,17)(H,14,16). The van der Waals surface area contributed by atoms with Gasteiger partial charge in [0, 0.05) is 25.0 Å². The van der Waals surface area contributed by atoms with E-state index in [0.29, 0.717) is 16.9 Å². The third-order valence-corrected chi connectivity index (χ3v) is 4.20. The topological polar surface area (TPSA) is 58.4 Å². The van der Waals surface area contributed by atoms with Gasteiger partial charge < -0.3 is 16.0 Å². The summed E-state index contributed by atoms with van der Waals surface area (Å²) < 4.78 is 0. The molecular weight excluding hydrogens is 234 g/mol. The lowest BCUT2D eigenvalue weighted by Gasteiger charge is -2.32. The van der Waals surface area contributed by atoms with Crippen molar-refractivity contribution < 1.29 is 4.79 Å². The second kappa shape index (κ2) is 5.67. The van der Waals surface area contributed by atoms with E-state index < -0.39 is 0 Å². The molecule has 0 unspecified atom stereocenters. The van der Waals surface area contributed by atoms with Gasteiger partial charge in [0.15, 0.2) is 0 Å². The fourth-order valence-electron chi connectivity index (χ4n) is 2.70. The largest absolute Gasteiger partial charge is 0.393 e. The number of carbonyl (C=O) groups is 1. The first-order valence-corrected chi connectivity index (χ1v) is 6.92. The van der Waals surface area contributed by atoms with Crippen LogP contribution in [0, 0.1) is 5.92 Å². The Labute approximate surface area is 108 Å². The van der Waals surface area contributed by atoms with Gasteiger partial charge in [-0.05, 0) is 25.7 Å². The average molecular weight is 255 g/mol. The van der Waals surface area contributed by atoms with Gasteiger partial charge in [-0.3, -0.25) is 0 Å². The summed E-state index contributed by atoms with van der Waals surface area (Å²) in [6, 6.07) is 0.495. The number of urea groups is 1. The van der Waals surface area contributed by atoms with E-state index in [9.17, 15) is 4.79 Å². The summed E-state index contributed by atoms with van der Waals surface area (Å²) in [5, 5.41) is 3.12. The number of hydrogen-bond acceptors (Lipinski definition) is 2. The molecule has 3 N–H and O–H groups in total. The third-order valence-electron chi connectivity index (χ3n) is 3.87. The molecule has 2 amide bonds. The maximum absolute atomic E-state index is 12.0. The molecule has 0 aromatic carbocycles. The third kappa shape index (κ3) is 3.31. The Kier molecular flexibility index (Phi) is 4.20. The van der Waals surface area contributed by atoms with Crippen LogP contribution in [0.5, 0.6) is 0 Å². The summed E-state index contributed by atoms with van der Waals surface area (Å²) in [5.74, 6) is 0.320. The molecule has 1 saturated carbocycles. The van der Waals surface area contributed by atoms with E-state index in [2.05, 4.69) is 5.32 Å². The summed E-state index contributed by atoms with van der Waals surface area (Å²) in [6.45, 7) is 1.56. The molecule has 0 aromatic heterocycles. The van der Waals surface area contributed by atoms with Gasteiger partial charge in [0.05, 0.1) is 4.99 Å². The van der Waals surface area contributed by atoms with Crippen LogP contribution in [-0.4, -0.2) is 35.1 Å². The highest BCUT2D eigenvalue weighted by Gasteiger charge is 2.26. The van der Waals surface area contributed by atoms with Gasteiger partial charge in [-0.25, -0.2) is 4.79 Å². The van der Waals surface area contributed by atoms with Crippen molar-refractivity contribution in [1.29, 1.82) is 0 Å². The van der Waals surface area contributed by atoms with Crippen LogP contribution in [0.1, 0.15) is 38.5 Å². The van der Waals surface area contributed by atoms with Crippen LogP contribution in [0.3, 0.4) is 0 Å². The Balaban J connectivity index is 1.75. The number of rotatable bonds is 2. The van der Waals surface area contributed by atoms with Crippen molar-refractivity contribution in [1.82, 2.24) is 10.2 Å². The molecule has 1 aliphatic heterocycles. The Morgan fingerprint density at radius 1 is 1.18 bits per heavy atom. The van der Waals surface area contributed by atoms with Crippen molar-refractivity contribution >= 4 is 23.2 Å². The van der Waals surface area contributed by atoms with Gasteiger partial charge in [-0.1, -0.05) is 25.1 Å². The second-order valence-electron chi connectivity index (χ2n) is 5.09. The maximum Gasteiger partial charge on any atom is 0.317 e. The highest BCUT2D eigenvalue weighted by molar-refractivity contribution is 7.80. The SMILES string of the molecule is NC(=S)C1CCN(C(=O)NC2CCCC2)CC1. The molecule has 96 valence electrons. The van der Waals surface area contributed by atoms with Crippen molar-refractivity contribution in [2.75, 3.05) is 13.1 Å². The molecule has 5 heteroatoms. The van der Waals surface area contributed by atoms with Gasteiger partial charge in [0.1, 0.15) is 0 Å². The number of likely N-dealkylation sites (tertiary alicyclic amines) is 1. The van der Waals surface area contributed by atoms with E-state index in [1.165, 1.54) is 12.8 Å². The molecule has 1 saturated heterocycles. The van der Waals surface area contributed by atoms with Crippen molar-refractivity contribution in [2.45, 2.75) is 44.6 Å². The highest BCUT2D eigenvalue weighted by Crippen LogP contribution is 2.20. The predicted molar refractivity (Wildman–Crippen MR) is 71.9 cm³/mol. The van der Waals surface area contributed by atoms with Crippen molar-refractivity contribution in [3.05, 3.63) is 0 Å². The summed E-state index contributed by atoms with van der Waals surface area (Å²) >= 11 is 4.99. The number of amides is 2. The zero-order valence-electron chi connectivity index (χ0n) is 10.2. The van der Waals surface area contributed by atoms with Crippen LogP contribution in [0.15, 0.2) is 0 Å². The molecule has 0 spiro atoms. The molecule has 0 radical (unpaired) electrons. The maximum atomic E-state index is 12.0. The fourth-order valence-corrected chi connectivity index (χ4v) is 2.94. The van der Waals surface area contributed by atoms with E-state index in [0.717, 1.165) is 38.8 Å². The molecule has 0 atom stereocenters. The van der Waals surface area contributed by atoms with Crippen molar-refractivity contribution in [3.8, 4) is 0 Å².